The molecule has 0 atom stereocenters. The molecule has 1 N–H and O–H groups in total. The van der Waals surface area contributed by atoms with E-state index >= 15 is 0 Å². The Labute approximate surface area is 187 Å². The molecule has 0 fully saturated rings. The fourth-order valence-electron chi connectivity index (χ4n) is 2.75. The van der Waals surface area contributed by atoms with E-state index in [-0.39, 0.29) is 24.0 Å². The summed E-state index contributed by atoms with van der Waals surface area (Å²) in [4.78, 5) is 11.3. The normalized spacial score (nSPS) is 11.1. The lowest BCUT2D eigenvalue weighted by molar-refractivity contribution is 0.480. The Bertz CT molecular complexity index is 791. The van der Waals surface area contributed by atoms with E-state index in [1.807, 2.05) is 29.8 Å². The molecule has 3 aromatic rings. The minimum Gasteiger partial charge on any atom is -0.469 e. The van der Waals surface area contributed by atoms with Crippen LogP contribution in [0.5, 0.6) is 0 Å². The number of rotatable bonds is 9. The number of likely N-dealkylation sites (N-methyl/N-ethyl adjacent to an activating group) is 1. The van der Waals surface area contributed by atoms with Crippen LogP contribution in [-0.2, 0) is 19.3 Å². The van der Waals surface area contributed by atoms with Gasteiger partial charge in [0.25, 0.3) is 0 Å². The lowest BCUT2D eigenvalue weighted by atomic mass is 10.1. The Morgan fingerprint density at radius 2 is 2.00 bits per heavy atom. The first kappa shape index (κ1) is 22.4. The quantitative estimate of drug-likeness (QED) is 0.266. The van der Waals surface area contributed by atoms with Gasteiger partial charge in [-0.25, -0.2) is 4.98 Å². The minimum atomic E-state index is 0. The summed E-state index contributed by atoms with van der Waals surface area (Å²) in [6.45, 7) is 2.43. The number of hydrogen-bond donors (Lipinski definition) is 1. The zero-order chi connectivity index (χ0) is 18.7. The van der Waals surface area contributed by atoms with Crippen LogP contribution in [0, 0.1) is 0 Å². The van der Waals surface area contributed by atoms with Gasteiger partial charge in [0.1, 0.15) is 5.76 Å². The molecule has 0 amide bonds. The number of thiazole rings is 1. The van der Waals surface area contributed by atoms with E-state index in [1.54, 1.807) is 17.6 Å². The zero-order valence-electron chi connectivity index (χ0n) is 16.1. The maximum atomic E-state index is 5.40. The van der Waals surface area contributed by atoms with Gasteiger partial charge in [0.2, 0.25) is 0 Å². The Hall–Kier alpha value is -1.87. The highest BCUT2D eigenvalue weighted by Crippen LogP contribution is 2.06. The molecule has 1 aromatic carbocycles. The van der Waals surface area contributed by atoms with Crippen molar-refractivity contribution in [1.82, 2.24) is 15.2 Å². The fourth-order valence-corrected chi connectivity index (χ4v) is 3.36. The van der Waals surface area contributed by atoms with Gasteiger partial charge in [-0.2, -0.15) is 0 Å². The SMILES string of the molecule is CN(CCc1nccs1)C(=NCCc1ccco1)NCCc1ccccc1.I. The number of nitrogens with one attached hydrogen (secondary N) is 1. The Morgan fingerprint density at radius 1 is 1.14 bits per heavy atom. The van der Waals surface area contributed by atoms with Crippen LogP contribution in [-0.4, -0.2) is 42.5 Å². The molecule has 28 heavy (non-hydrogen) atoms. The molecule has 0 spiro atoms. The predicted octanol–water partition coefficient (Wildman–Crippen LogP) is 4.26. The minimum absolute atomic E-state index is 0. The maximum Gasteiger partial charge on any atom is 0.193 e. The van der Waals surface area contributed by atoms with E-state index in [1.165, 1.54) is 5.56 Å². The highest BCUT2D eigenvalue weighted by atomic mass is 127. The monoisotopic (exact) mass is 510 g/mol. The first-order valence-electron chi connectivity index (χ1n) is 9.25. The Balaban J connectivity index is 0.00000280. The summed E-state index contributed by atoms with van der Waals surface area (Å²) in [6, 6.07) is 14.4. The fraction of sp³-hybridized carbons (Fsp3) is 0.333. The van der Waals surface area contributed by atoms with Gasteiger partial charge in [-0.05, 0) is 24.1 Å². The summed E-state index contributed by atoms with van der Waals surface area (Å²) >= 11 is 1.70. The molecule has 7 heteroatoms. The molecule has 2 aromatic heterocycles. The molecule has 0 bridgehead atoms. The molecular formula is C21H27IN4OS. The molecule has 0 saturated carbocycles. The predicted molar refractivity (Wildman–Crippen MR) is 127 cm³/mol. The summed E-state index contributed by atoms with van der Waals surface area (Å²) in [5.74, 6) is 1.89. The standard InChI is InChI=1S/C21H26N4OS.HI/c1-25(15-11-20-22-14-17-27-20)21(24-13-10-19-8-5-16-26-19)23-12-9-18-6-3-2-4-7-18;/h2-8,14,16-17H,9-13,15H2,1H3,(H,23,24);1H. The third kappa shape index (κ3) is 7.63. The zero-order valence-corrected chi connectivity index (χ0v) is 19.2. The van der Waals surface area contributed by atoms with Gasteiger partial charge in [-0.1, -0.05) is 30.3 Å². The van der Waals surface area contributed by atoms with Crippen LogP contribution in [0.25, 0.3) is 0 Å². The number of halogens is 1. The number of hydrogen-bond acceptors (Lipinski definition) is 4. The second-order valence-electron chi connectivity index (χ2n) is 6.29. The van der Waals surface area contributed by atoms with Crippen molar-refractivity contribution < 1.29 is 4.42 Å². The molecule has 0 radical (unpaired) electrons. The summed E-state index contributed by atoms with van der Waals surface area (Å²) in [5.41, 5.74) is 1.32. The van der Waals surface area contributed by atoms with E-state index in [0.29, 0.717) is 6.54 Å². The van der Waals surface area contributed by atoms with Crippen LogP contribution in [0.1, 0.15) is 16.3 Å². The van der Waals surface area contributed by atoms with Crippen LogP contribution in [0.3, 0.4) is 0 Å². The van der Waals surface area contributed by atoms with Gasteiger partial charge in [0.15, 0.2) is 5.96 Å². The molecule has 0 aliphatic rings. The maximum absolute atomic E-state index is 5.40. The second kappa shape index (κ2) is 12.6. The first-order chi connectivity index (χ1) is 13.3. The number of furan rings is 1. The summed E-state index contributed by atoms with van der Waals surface area (Å²) < 4.78 is 5.40. The molecular weight excluding hydrogens is 483 g/mol. The molecule has 150 valence electrons. The molecule has 5 nitrogen and oxygen atoms in total. The van der Waals surface area contributed by atoms with Crippen molar-refractivity contribution in [2.45, 2.75) is 19.3 Å². The van der Waals surface area contributed by atoms with Crippen molar-refractivity contribution in [2.75, 3.05) is 26.7 Å². The van der Waals surface area contributed by atoms with Crippen LogP contribution >= 0.6 is 35.3 Å². The Morgan fingerprint density at radius 3 is 2.71 bits per heavy atom. The second-order valence-corrected chi connectivity index (χ2v) is 7.27. The highest BCUT2D eigenvalue weighted by Gasteiger charge is 2.08. The molecule has 3 rings (SSSR count). The van der Waals surface area contributed by atoms with Crippen molar-refractivity contribution in [1.29, 1.82) is 0 Å². The largest absolute Gasteiger partial charge is 0.469 e. The first-order valence-corrected chi connectivity index (χ1v) is 10.1. The molecule has 0 unspecified atom stereocenters. The average Bonchev–Trinajstić information content (AvgIpc) is 3.40. The third-order valence-corrected chi connectivity index (χ3v) is 5.09. The van der Waals surface area contributed by atoms with Crippen LogP contribution in [0.15, 0.2) is 69.7 Å². The third-order valence-electron chi connectivity index (χ3n) is 4.25. The average molecular weight is 510 g/mol. The molecule has 0 aliphatic heterocycles. The smallest absolute Gasteiger partial charge is 0.193 e. The van der Waals surface area contributed by atoms with E-state index in [0.717, 1.165) is 49.1 Å². The molecule has 2 heterocycles. The lowest BCUT2D eigenvalue weighted by Crippen LogP contribution is -2.41. The number of nitrogens with zero attached hydrogens (tertiary/aromatic N) is 3. The van der Waals surface area contributed by atoms with Crippen LogP contribution in [0.4, 0.5) is 0 Å². The van der Waals surface area contributed by atoms with Crippen molar-refractivity contribution in [3.8, 4) is 0 Å². The van der Waals surface area contributed by atoms with E-state index in [2.05, 4.69) is 46.5 Å². The van der Waals surface area contributed by atoms with Crippen molar-refractivity contribution in [2.24, 2.45) is 4.99 Å². The van der Waals surface area contributed by atoms with Crippen LogP contribution < -0.4 is 5.32 Å². The van der Waals surface area contributed by atoms with Crippen molar-refractivity contribution in [3.63, 3.8) is 0 Å². The van der Waals surface area contributed by atoms with Crippen molar-refractivity contribution >= 4 is 41.3 Å². The number of aromatic nitrogens is 1. The number of aliphatic imine (C=N–C) groups is 1. The summed E-state index contributed by atoms with van der Waals surface area (Å²) in [7, 11) is 2.08. The van der Waals surface area contributed by atoms with E-state index < -0.39 is 0 Å². The van der Waals surface area contributed by atoms with Gasteiger partial charge in [-0.15, -0.1) is 35.3 Å². The van der Waals surface area contributed by atoms with E-state index in [9.17, 15) is 0 Å². The van der Waals surface area contributed by atoms with Crippen LogP contribution in [0.2, 0.25) is 0 Å². The van der Waals surface area contributed by atoms with Gasteiger partial charge in [-0.3, -0.25) is 4.99 Å². The van der Waals surface area contributed by atoms with Gasteiger partial charge < -0.3 is 14.6 Å². The molecule has 0 aliphatic carbocycles. The van der Waals surface area contributed by atoms with Gasteiger partial charge in [0.05, 0.1) is 11.3 Å². The summed E-state index contributed by atoms with van der Waals surface area (Å²) in [5, 5.41) is 6.68. The number of benzene rings is 1. The summed E-state index contributed by atoms with van der Waals surface area (Å²) in [6.07, 6.45) is 6.26. The topological polar surface area (TPSA) is 53.7 Å². The van der Waals surface area contributed by atoms with E-state index in [4.69, 9.17) is 9.41 Å². The van der Waals surface area contributed by atoms with Gasteiger partial charge >= 0.3 is 0 Å². The lowest BCUT2D eigenvalue weighted by Gasteiger charge is -2.22. The van der Waals surface area contributed by atoms with Crippen molar-refractivity contribution in [3.05, 3.63) is 76.6 Å². The highest BCUT2D eigenvalue weighted by molar-refractivity contribution is 14.0. The number of guanidine groups is 1. The molecule has 0 saturated heterocycles. The van der Waals surface area contributed by atoms with Gasteiger partial charge in [0, 0.05) is 51.1 Å². The Kier molecular flexibility index (Phi) is 10.1.